The van der Waals surface area contributed by atoms with Gasteiger partial charge in [-0.1, -0.05) is 11.6 Å². The highest BCUT2D eigenvalue weighted by atomic mass is 35.5. The molecule has 2 aliphatic rings. The molecular weight excluding hydrogens is 292 g/mol. The summed E-state index contributed by atoms with van der Waals surface area (Å²) >= 11 is 6.17. The number of carbonyl (C=O) groups is 1. The highest BCUT2D eigenvalue weighted by Gasteiger charge is 2.31. The number of halogens is 1. The molecule has 1 amide bonds. The summed E-state index contributed by atoms with van der Waals surface area (Å²) in [5.74, 6) is 1.67. The van der Waals surface area contributed by atoms with E-state index >= 15 is 0 Å². The summed E-state index contributed by atoms with van der Waals surface area (Å²) in [6.45, 7) is 1.47. The molecule has 3 N–H and O–H groups in total. The molecule has 1 saturated carbocycles. The number of hydrogen-bond donors (Lipinski definition) is 2. The number of amides is 1. The summed E-state index contributed by atoms with van der Waals surface area (Å²) in [5.41, 5.74) is 6.51. The summed E-state index contributed by atoms with van der Waals surface area (Å²) in [7, 11) is 0. The minimum absolute atomic E-state index is 0.0369. The van der Waals surface area contributed by atoms with E-state index in [9.17, 15) is 4.79 Å². The van der Waals surface area contributed by atoms with E-state index in [1.54, 1.807) is 6.07 Å². The van der Waals surface area contributed by atoms with Gasteiger partial charge in [-0.3, -0.25) is 4.79 Å². The predicted octanol–water partition coefficient (Wildman–Crippen LogP) is 1.51. The lowest BCUT2D eigenvalue weighted by Gasteiger charge is -2.20. The highest BCUT2D eigenvalue weighted by Crippen LogP contribution is 2.38. The van der Waals surface area contributed by atoms with Crippen LogP contribution >= 0.6 is 11.6 Å². The third-order valence-electron chi connectivity index (χ3n) is 3.81. The lowest BCUT2D eigenvalue weighted by Crippen LogP contribution is -2.42. The molecule has 0 saturated heterocycles. The molecule has 114 valence electrons. The molecule has 1 fully saturated rings. The first-order valence-electron chi connectivity index (χ1n) is 7.25. The van der Waals surface area contributed by atoms with E-state index in [1.165, 1.54) is 0 Å². The van der Waals surface area contributed by atoms with Crippen LogP contribution in [-0.4, -0.2) is 31.7 Å². The molecule has 0 spiro atoms. The first kappa shape index (κ1) is 14.5. The van der Waals surface area contributed by atoms with Gasteiger partial charge in [0, 0.05) is 12.6 Å². The minimum Gasteiger partial charge on any atom is -0.486 e. The topological polar surface area (TPSA) is 73.6 Å². The zero-order chi connectivity index (χ0) is 14.8. The van der Waals surface area contributed by atoms with Gasteiger partial charge in [0.25, 0.3) is 0 Å². The fourth-order valence-electron chi connectivity index (χ4n) is 2.58. The molecule has 0 aromatic heterocycles. The Morgan fingerprint density at radius 1 is 1.38 bits per heavy atom. The highest BCUT2D eigenvalue weighted by molar-refractivity contribution is 6.32. The average molecular weight is 311 g/mol. The Labute approximate surface area is 128 Å². The summed E-state index contributed by atoms with van der Waals surface area (Å²) in [5, 5.41) is 3.48. The molecule has 3 rings (SSSR count). The fraction of sp³-hybridized carbons (Fsp3) is 0.533. The number of nitrogens with one attached hydrogen (secondary N) is 1. The van der Waals surface area contributed by atoms with Gasteiger partial charge in [0.2, 0.25) is 5.91 Å². The van der Waals surface area contributed by atoms with Crippen LogP contribution in [0, 0.1) is 5.92 Å². The van der Waals surface area contributed by atoms with Gasteiger partial charge >= 0.3 is 0 Å². The second-order valence-electron chi connectivity index (χ2n) is 5.53. The molecule has 1 aromatic rings. The van der Waals surface area contributed by atoms with E-state index < -0.39 is 0 Å². The van der Waals surface area contributed by atoms with Crippen molar-refractivity contribution in [1.29, 1.82) is 0 Å². The third kappa shape index (κ3) is 3.41. The first-order valence-corrected chi connectivity index (χ1v) is 7.62. The molecule has 21 heavy (non-hydrogen) atoms. The molecule has 1 unspecified atom stereocenters. The lowest BCUT2D eigenvalue weighted by atomic mass is 10.1. The molecule has 0 radical (unpaired) electrons. The van der Waals surface area contributed by atoms with Gasteiger partial charge in [0.15, 0.2) is 11.5 Å². The summed E-state index contributed by atoms with van der Waals surface area (Å²) in [6, 6.07) is 3.66. The molecule has 1 aliphatic carbocycles. The van der Waals surface area contributed by atoms with Crippen molar-refractivity contribution in [2.45, 2.75) is 25.3 Å². The number of nitrogens with two attached hydrogens (primary N) is 1. The Balaban J connectivity index is 1.66. The van der Waals surface area contributed by atoms with Crippen LogP contribution < -0.4 is 20.5 Å². The van der Waals surface area contributed by atoms with Gasteiger partial charge in [0.1, 0.15) is 13.2 Å². The zero-order valence-electron chi connectivity index (χ0n) is 11.7. The molecule has 0 bridgehead atoms. The van der Waals surface area contributed by atoms with Gasteiger partial charge < -0.3 is 20.5 Å². The third-order valence-corrected chi connectivity index (χ3v) is 4.09. The largest absolute Gasteiger partial charge is 0.486 e. The molecular formula is C15H19ClN2O3. The van der Waals surface area contributed by atoms with Gasteiger partial charge in [0.05, 0.1) is 11.4 Å². The Bertz CT molecular complexity index is 546. The maximum Gasteiger partial charge on any atom is 0.224 e. The number of benzene rings is 1. The molecule has 1 atom stereocenters. The molecule has 1 aromatic carbocycles. The first-order chi connectivity index (χ1) is 10.2. The number of fused-ring (bicyclic) bond motifs is 1. The van der Waals surface area contributed by atoms with Crippen molar-refractivity contribution in [3.63, 3.8) is 0 Å². The Hall–Kier alpha value is -1.46. The van der Waals surface area contributed by atoms with Crippen LogP contribution in [0.25, 0.3) is 0 Å². The van der Waals surface area contributed by atoms with E-state index in [0.717, 1.165) is 18.4 Å². The van der Waals surface area contributed by atoms with Crippen molar-refractivity contribution >= 4 is 17.5 Å². The van der Waals surface area contributed by atoms with Crippen LogP contribution in [0.3, 0.4) is 0 Å². The minimum atomic E-state index is -0.0369. The van der Waals surface area contributed by atoms with Crippen LogP contribution in [0.2, 0.25) is 5.02 Å². The molecule has 5 nitrogen and oxygen atoms in total. The van der Waals surface area contributed by atoms with Gasteiger partial charge in [-0.05, 0) is 36.5 Å². The monoisotopic (exact) mass is 310 g/mol. The Morgan fingerprint density at radius 2 is 2.14 bits per heavy atom. The predicted molar refractivity (Wildman–Crippen MR) is 79.9 cm³/mol. The summed E-state index contributed by atoms with van der Waals surface area (Å²) < 4.78 is 11.0. The normalized spacial score (nSPS) is 18.2. The second-order valence-corrected chi connectivity index (χ2v) is 5.93. The molecule has 6 heteroatoms. The van der Waals surface area contributed by atoms with Gasteiger partial charge in [-0.25, -0.2) is 0 Å². The lowest BCUT2D eigenvalue weighted by molar-refractivity contribution is -0.121. The fourth-order valence-corrected chi connectivity index (χ4v) is 2.87. The van der Waals surface area contributed by atoms with Crippen LogP contribution in [0.1, 0.15) is 18.4 Å². The standard InChI is InChI=1S/C15H19ClN2O3/c16-11-5-9(6-13-15(11)21-4-3-20-13)7-14(19)18-12(8-17)10-1-2-10/h5-6,10,12H,1-4,7-8,17H2,(H,18,19). The maximum absolute atomic E-state index is 12.1. The SMILES string of the molecule is NCC(NC(=O)Cc1cc(Cl)c2c(c1)OCCO2)C1CC1. The Kier molecular flexibility index (Phi) is 4.22. The van der Waals surface area contributed by atoms with Crippen molar-refractivity contribution in [3.8, 4) is 11.5 Å². The van der Waals surface area contributed by atoms with E-state index in [1.807, 2.05) is 6.07 Å². The quantitative estimate of drug-likeness (QED) is 0.864. The van der Waals surface area contributed by atoms with Crippen molar-refractivity contribution in [2.24, 2.45) is 11.7 Å². The van der Waals surface area contributed by atoms with Crippen molar-refractivity contribution in [1.82, 2.24) is 5.32 Å². The number of carbonyl (C=O) groups excluding carboxylic acids is 1. The van der Waals surface area contributed by atoms with Crippen LogP contribution in [0.5, 0.6) is 11.5 Å². The Morgan fingerprint density at radius 3 is 2.86 bits per heavy atom. The zero-order valence-corrected chi connectivity index (χ0v) is 12.5. The van der Waals surface area contributed by atoms with Crippen LogP contribution in [-0.2, 0) is 11.2 Å². The number of rotatable bonds is 5. The van der Waals surface area contributed by atoms with Crippen molar-refractivity contribution < 1.29 is 14.3 Å². The van der Waals surface area contributed by atoms with Crippen molar-refractivity contribution in [3.05, 3.63) is 22.7 Å². The smallest absolute Gasteiger partial charge is 0.224 e. The van der Waals surface area contributed by atoms with E-state index in [4.69, 9.17) is 26.8 Å². The van der Waals surface area contributed by atoms with Crippen molar-refractivity contribution in [2.75, 3.05) is 19.8 Å². The number of ether oxygens (including phenoxy) is 2. The molecule has 1 heterocycles. The summed E-state index contributed by atoms with van der Waals surface area (Å²) in [6.07, 6.45) is 2.57. The van der Waals surface area contributed by atoms with Crippen LogP contribution in [0.15, 0.2) is 12.1 Å². The number of hydrogen-bond acceptors (Lipinski definition) is 4. The maximum atomic E-state index is 12.1. The van der Waals surface area contributed by atoms with Crippen LogP contribution in [0.4, 0.5) is 0 Å². The van der Waals surface area contributed by atoms with E-state index in [0.29, 0.717) is 42.2 Å². The van der Waals surface area contributed by atoms with E-state index in [2.05, 4.69) is 5.32 Å². The average Bonchev–Trinajstić information content (AvgIpc) is 3.29. The van der Waals surface area contributed by atoms with Gasteiger partial charge in [-0.2, -0.15) is 0 Å². The molecule has 1 aliphatic heterocycles. The van der Waals surface area contributed by atoms with E-state index in [-0.39, 0.29) is 18.4 Å². The summed E-state index contributed by atoms with van der Waals surface area (Å²) in [4.78, 5) is 12.1. The van der Waals surface area contributed by atoms with Gasteiger partial charge in [-0.15, -0.1) is 0 Å². The second kappa shape index (κ2) is 6.12.